The number of aliphatic hydroxyl groups is 1. The first-order valence-electron chi connectivity index (χ1n) is 21.3. The average molecular weight is 897 g/mol. The predicted octanol–water partition coefficient (Wildman–Crippen LogP) is 7.89. The lowest BCUT2D eigenvalue weighted by atomic mass is 9.97. The van der Waals surface area contributed by atoms with Gasteiger partial charge in [-0.2, -0.15) is 0 Å². The molecule has 348 valence electrons. The van der Waals surface area contributed by atoms with Crippen molar-refractivity contribution in [3.05, 3.63) is 136 Å². The zero-order chi connectivity index (χ0) is 46.6. The number of hydrogen-bond acceptors (Lipinski definition) is 10. The first kappa shape index (κ1) is 49.8. The van der Waals surface area contributed by atoms with Gasteiger partial charge in [0.2, 0.25) is 0 Å². The number of nitrogens with two attached hydrogens (primary N) is 1. The molecule has 6 N–H and O–H groups in total. The summed E-state index contributed by atoms with van der Waals surface area (Å²) in [5.41, 5.74) is 8.61. The molecule has 0 saturated carbocycles. The van der Waals surface area contributed by atoms with E-state index < -0.39 is 58.8 Å². The Kier molecular flexibility index (Phi) is 17.5. The number of hydrogen-bond donors (Lipinski definition) is 5. The van der Waals surface area contributed by atoms with Crippen molar-refractivity contribution in [1.82, 2.24) is 16.0 Å². The highest BCUT2D eigenvalue weighted by Crippen LogP contribution is 2.29. The van der Waals surface area contributed by atoms with Crippen LogP contribution in [0.4, 0.5) is 27.2 Å². The van der Waals surface area contributed by atoms with Crippen LogP contribution < -0.4 is 26.4 Å². The van der Waals surface area contributed by atoms with Crippen LogP contribution >= 0.6 is 0 Å². The van der Waals surface area contributed by atoms with Gasteiger partial charge in [0.05, 0.1) is 50.7 Å². The monoisotopic (exact) mass is 896 g/mol. The number of epoxide rings is 1. The number of halogens is 4. The van der Waals surface area contributed by atoms with Gasteiger partial charge in [0, 0.05) is 36.7 Å². The van der Waals surface area contributed by atoms with Gasteiger partial charge in [-0.1, -0.05) is 42.5 Å². The van der Waals surface area contributed by atoms with Crippen LogP contribution in [-0.2, 0) is 38.4 Å². The van der Waals surface area contributed by atoms with Crippen molar-refractivity contribution in [3.63, 3.8) is 0 Å². The Morgan fingerprint density at radius 1 is 0.766 bits per heavy atom. The highest BCUT2D eigenvalue weighted by Gasteiger charge is 2.35. The van der Waals surface area contributed by atoms with Gasteiger partial charge in [-0.25, -0.2) is 27.2 Å². The summed E-state index contributed by atoms with van der Waals surface area (Å²) in [5.74, 6) is -1.78. The summed E-state index contributed by atoms with van der Waals surface area (Å²) < 4.78 is 80.4. The maximum Gasteiger partial charge on any atom is 0.407 e. The largest absolute Gasteiger partial charge is 0.493 e. The van der Waals surface area contributed by atoms with Gasteiger partial charge in [0.15, 0.2) is 0 Å². The fourth-order valence-electron chi connectivity index (χ4n) is 7.06. The van der Waals surface area contributed by atoms with E-state index in [2.05, 4.69) is 16.0 Å². The molecule has 0 aromatic heterocycles. The Morgan fingerprint density at radius 2 is 1.30 bits per heavy atom. The van der Waals surface area contributed by atoms with Crippen LogP contribution in [-0.4, -0.2) is 79.2 Å². The van der Waals surface area contributed by atoms with Crippen molar-refractivity contribution in [2.45, 2.75) is 115 Å². The number of benzene rings is 4. The molecule has 0 aliphatic carbocycles. The molecule has 0 radical (unpaired) electrons. The number of amides is 2. The molecule has 4 unspecified atom stereocenters. The molecule has 64 heavy (non-hydrogen) atoms. The molecule has 2 amide bonds. The van der Waals surface area contributed by atoms with Crippen LogP contribution in [0.15, 0.2) is 84.9 Å². The van der Waals surface area contributed by atoms with Gasteiger partial charge in [0.1, 0.15) is 46.3 Å². The van der Waals surface area contributed by atoms with E-state index in [0.29, 0.717) is 30.9 Å². The fraction of sp³-hybridized carbons (Fsp3) is 0.458. The number of ether oxygens (including phenoxy) is 5. The molecule has 1 fully saturated rings. The lowest BCUT2D eigenvalue weighted by Crippen LogP contribution is -2.50. The molecular weight excluding hydrogens is 837 g/mol. The predicted molar refractivity (Wildman–Crippen MR) is 233 cm³/mol. The summed E-state index contributed by atoms with van der Waals surface area (Å²) >= 11 is 0. The first-order valence-corrected chi connectivity index (χ1v) is 21.3. The molecule has 7 rings (SSSR count). The van der Waals surface area contributed by atoms with Crippen LogP contribution in [0.3, 0.4) is 0 Å². The average Bonchev–Trinajstić information content (AvgIpc) is 4.04. The molecule has 6 atom stereocenters. The Bertz CT molecular complexity index is 2120. The molecule has 4 aromatic carbocycles. The first-order chi connectivity index (χ1) is 30.2. The van der Waals surface area contributed by atoms with Crippen LogP contribution in [0.25, 0.3) is 0 Å². The van der Waals surface area contributed by atoms with Crippen LogP contribution in [0.5, 0.6) is 5.75 Å². The Balaban J connectivity index is 0.000000204. The second kappa shape index (κ2) is 22.6. The minimum absolute atomic E-state index is 0.0223. The van der Waals surface area contributed by atoms with Crippen molar-refractivity contribution in [1.29, 1.82) is 0 Å². The van der Waals surface area contributed by atoms with Gasteiger partial charge in [-0.05, 0) is 107 Å². The van der Waals surface area contributed by atoms with Gasteiger partial charge in [-0.15, -0.1) is 0 Å². The maximum absolute atomic E-state index is 13.7. The van der Waals surface area contributed by atoms with Gasteiger partial charge in [-0.3, -0.25) is 0 Å². The van der Waals surface area contributed by atoms with E-state index in [4.69, 9.17) is 29.4 Å². The van der Waals surface area contributed by atoms with Crippen molar-refractivity contribution >= 4 is 12.2 Å². The number of para-hydroxylation sites is 1. The van der Waals surface area contributed by atoms with E-state index in [1.807, 2.05) is 48.5 Å². The Labute approximate surface area is 372 Å². The SMILES string of the molecule is CC(C)(C)OC(=O)NC(Cc1cc(F)cc(F)c1)[C@H](O)CNC1COCc2ccccc21.CC(C)(C)OC(=O)NC(Cc1cc(F)cc(F)c1)[C@H]1CO1.NC1CCOc2ccccc21. The van der Waals surface area contributed by atoms with E-state index in [1.165, 1.54) is 24.3 Å². The standard InChI is InChI=1S/C24H30F2N2O4.C15H19F2NO3.C9H11NO/c1-24(2,3)32-23(30)28-20(10-15-8-17(25)11-18(26)9-15)22(29)12-27-21-14-31-13-16-6-4-5-7-19(16)21;1-15(2,3)21-14(19)18-12(13-8-20-13)6-9-4-10(16)7-11(17)5-9;10-8-5-6-11-9-4-2-1-3-7(8)9/h4-9,11,20-22,27,29H,10,12-14H2,1-3H3,(H,28,30);4-5,7,12-13H,6,8H2,1-3H3,(H,18,19);1-4,8H,5-6,10H2/t20?,21?,22-;12?,13-;/m11./s1. The molecule has 12 nitrogen and oxygen atoms in total. The molecule has 16 heteroatoms. The molecule has 0 spiro atoms. The normalized spacial score (nSPS) is 19.0. The molecule has 3 aliphatic heterocycles. The van der Waals surface area contributed by atoms with E-state index in [-0.39, 0.29) is 43.6 Å². The summed E-state index contributed by atoms with van der Waals surface area (Å²) in [6.07, 6.45) is -1.26. The van der Waals surface area contributed by atoms with Crippen molar-refractivity contribution < 1.29 is 55.9 Å². The highest BCUT2D eigenvalue weighted by molar-refractivity contribution is 5.68. The zero-order valence-corrected chi connectivity index (χ0v) is 37.1. The summed E-state index contributed by atoms with van der Waals surface area (Å²) in [5, 5.41) is 19.5. The quantitative estimate of drug-likeness (QED) is 0.0739. The number of rotatable bonds is 11. The van der Waals surface area contributed by atoms with Gasteiger partial charge >= 0.3 is 12.2 Å². The van der Waals surface area contributed by atoms with Gasteiger partial charge in [0.25, 0.3) is 0 Å². The highest BCUT2D eigenvalue weighted by atomic mass is 19.1. The summed E-state index contributed by atoms with van der Waals surface area (Å²) in [6, 6.07) is 21.1. The summed E-state index contributed by atoms with van der Waals surface area (Å²) in [4.78, 5) is 24.1. The Hall–Kier alpha value is -5.26. The zero-order valence-electron chi connectivity index (χ0n) is 37.1. The minimum Gasteiger partial charge on any atom is -0.493 e. The van der Waals surface area contributed by atoms with Crippen molar-refractivity contribution in [2.24, 2.45) is 5.73 Å². The number of fused-ring (bicyclic) bond motifs is 2. The van der Waals surface area contributed by atoms with Crippen LogP contribution in [0.1, 0.15) is 87.9 Å². The Morgan fingerprint density at radius 3 is 1.86 bits per heavy atom. The number of aliphatic hydroxyl groups excluding tert-OH is 1. The number of carbonyl (C=O) groups excluding carboxylic acids is 2. The number of carbonyl (C=O) groups is 2. The molecule has 1 saturated heterocycles. The minimum atomic E-state index is -1.05. The van der Waals surface area contributed by atoms with E-state index in [1.54, 1.807) is 41.5 Å². The maximum atomic E-state index is 13.7. The smallest absolute Gasteiger partial charge is 0.407 e. The summed E-state index contributed by atoms with van der Waals surface area (Å²) in [7, 11) is 0. The second-order valence-corrected chi connectivity index (χ2v) is 17.9. The van der Waals surface area contributed by atoms with Crippen LogP contribution in [0, 0.1) is 23.3 Å². The lowest BCUT2D eigenvalue weighted by molar-refractivity contribution is 0.0400. The number of nitrogens with one attached hydrogen (secondary N) is 3. The molecule has 3 aliphatic rings. The fourth-order valence-corrected chi connectivity index (χ4v) is 7.06. The molecule has 0 bridgehead atoms. The van der Waals surface area contributed by atoms with Crippen molar-refractivity contribution in [3.8, 4) is 5.75 Å². The third-order valence-corrected chi connectivity index (χ3v) is 9.98. The lowest BCUT2D eigenvalue weighted by Gasteiger charge is -2.30. The molecule has 3 heterocycles. The van der Waals surface area contributed by atoms with Crippen molar-refractivity contribution in [2.75, 3.05) is 26.4 Å². The topological polar surface area (TPSA) is 166 Å². The second-order valence-electron chi connectivity index (χ2n) is 17.9. The van der Waals surface area contributed by atoms with E-state index in [0.717, 1.165) is 47.6 Å². The number of alkyl carbamates (subject to hydrolysis) is 2. The van der Waals surface area contributed by atoms with E-state index >= 15 is 0 Å². The third kappa shape index (κ3) is 16.7. The van der Waals surface area contributed by atoms with Gasteiger partial charge < -0.3 is 50.5 Å². The molecular formula is C48H60F4N4O8. The summed E-state index contributed by atoms with van der Waals surface area (Å²) in [6.45, 7) is 12.8. The van der Waals surface area contributed by atoms with E-state index in [9.17, 15) is 32.3 Å². The third-order valence-electron chi connectivity index (χ3n) is 9.98. The molecule has 4 aromatic rings. The van der Waals surface area contributed by atoms with Crippen LogP contribution in [0.2, 0.25) is 0 Å².